The van der Waals surface area contributed by atoms with Crippen molar-refractivity contribution < 1.29 is 8.42 Å². The maximum absolute atomic E-state index is 11.5. The van der Waals surface area contributed by atoms with Crippen LogP contribution in [0.3, 0.4) is 0 Å². The van der Waals surface area contributed by atoms with Crippen molar-refractivity contribution >= 4 is 9.84 Å². The van der Waals surface area contributed by atoms with Crippen LogP contribution in [-0.2, 0) is 9.84 Å². The Morgan fingerprint density at radius 1 is 1.17 bits per heavy atom. The molecule has 4 heteroatoms. The van der Waals surface area contributed by atoms with Gasteiger partial charge in [-0.2, -0.15) is 0 Å². The molecule has 0 heterocycles. The van der Waals surface area contributed by atoms with Gasteiger partial charge in [0.25, 0.3) is 0 Å². The number of rotatable bonds is 8. The Balaban J connectivity index is 1.76. The van der Waals surface area contributed by atoms with Crippen LogP contribution in [0.5, 0.6) is 0 Å². The fourth-order valence-corrected chi connectivity index (χ4v) is 4.42. The van der Waals surface area contributed by atoms with E-state index < -0.39 is 9.84 Å². The van der Waals surface area contributed by atoms with Crippen molar-refractivity contribution in [3.63, 3.8) is 0 Å². The molecule has 18 heavy (non-hydrogen) atoms. The minimum Gasteiger partial charge on any atom is -0.314 e. The third kappa shape index (κ3) is 3.70. The minimum absolute atomic E-state index is 0.284. The Morgan fingerprint density at radius 2 is 1.83 bits per heavy atom. The molecule has 2 fully saturated rings. The van der Waals surface area contributed by atoms with Gasteiger partial charge in [0, 0.05) is 11.8 Å². The summed E-state index contributed by atoms with van der Waals surface area (Å²) in [7, 11) is -2.78. The molecule has 2 saturated carbocycles. The molecule has 0 amide bonds. The highest BCUT2D eigenvalue weighted by atomic mass is 32.2. The fraction of sp³-hybridized carbons (Fsp3) is 1.00. The third-order valence-corrected chi connectivity index (χ3v) is 6.52. The maximum atomic E-state index is 11.5. The number of sulfone groups is 1. The van der Waals surface area contributed by atoms with E-state index >= 15 is 0 Å². The highest BCUT2D eigenvalue weighted by Gasteiger charge is 2.47. The highest BCUT2D eigenvalue weighted by molar-refractivity contribution is 7.91. The van der Waals surface area contributed by atoms with Crippen molar-refractivity contribution in [1.29, 1.82) is 0 Å². The smallest absolute Gasteiger partial charge is 0.150 e. The van der Waals surface area contributed by atoms with E-state index in [1.165, 1.54) is 19.3 Å². The first-order valence-corrected chi connectivity index (χ1v) is 9.31. The van der Waals surface area contributed by atoms with E-state index in [4.69, 9.17) is 0 Å². The lowest BCUT2D eigenvalue weighted by atomic mass is 9.91. The molecule has 3 unspecified atom stereocenters. The Labute approximate surface area is 112 Å². The van der Waals surface area contributed by atoms with Crippen LogP contribution in [-0.4, -0.2) is 32.5 Å². The maximum Gasteiger partial charge on any atom is 0.150 e. The molecule has 3 atom stereocenters. The zero-order valence-corrected chi connectivity index (χ0v) is 12.5. The van der Waals surface area contributed by atoms with E-state index in [2.05, 4.69) is 12.2 Å². The molecular formula is C14H27NO2S. The summed E-state index contributed by atoms with van der Waals surface area (Å²) in [4.78, 5) is 0. The molecule has 2 rings (SSSR count). The molecule has 0 spiro atoms. The van der Waals surface area contributed by atoms with Gasteiger partial charge in [0.1, 0.15) is 9.84 Å². The summed E-state index contributed by atoms with van der Waals surface area (Å²) in [6.45, 7) is 4.88. The van der Waals surface area contributed by atoms with E-state index in [0.29, 0.717) is 11.8 Å². The van der Waals surface area contributed by atoms with Gasteiger partial charge in [0.15, 0.2) is 0 Å². The first kappa shape index (κ1) is 14.3. The first-order chi connectivity index (χ1) is 8.55. The summed E-state index contributed by atoms with van der Waals surface area (Å²) in [5.41, 5.74) is 0. The molecule has 0 aromatic carbocycles. The lowest BCUT2D eigenvalue weighted by Gasteiger charge is -2.25. The van der Waals surface area contributed by atoms with Crippen molar-refractivity contribution in [2.24, 2.45) is 17.8 Å². The van der Waals surface area contributed by atoms with E-state index in [1.807, 2.05) is 0 Å². The molecule has 0 aliphatic heterocycles. The monoisotopic (exact) mass is 273 g/mol. The van der Waals surface area contributed by atoms with E-state index in [0.717, 1.165) is 37.1 Å². The Hall–Kier alpha value is -0.0900. The largest absolute Gasteiger partial charge is 0.314 e. The summed E-state index contributed by atoms with van der Waals surface area (Å²) in [6, 6.07) is 0.551. The number of nitrogens with one attached hydrogen (secondary N) is 1. The summed E-state index contributed by atoms with van der Waals surface area (Å²) in [5.74, 6) is 3.47. The third-order valence-electron chi connectivity index (χ3n) is 4.73. The summed E-state index contributed by atoms with van der Waals surface area (Å²) >= 11 is 0. The normalized spacial score (nSPS) is 32.2. The van der Waals surface area contributed by atoms with E-state index in [9.17, 15) is 8.42 Å². The van der Waals surface area contributed by atoms with Crippen molar-refractivity contribution in [2.45, 2.75) is 52.0 Å². The molecule has 0 radical (unpaired) electrons. The van der Waals surface area contributed by atoms with Gasteiger partial charge in [0.2, 0.25) is 0 Å². The van der Waals surface area contributed by atoms with Crippen LogP contribution in [0.1, 0.15) is 46.0 Å². The van der Waals surface area contributed by atoms with Gasteiger partial charge >= 0.3 is 0 Å². The molecule has 106 valence electrons. The van der Waals surface area contributed by atoms with Gasteiger partial charge in [-0.3, -0.25) is 0 Å². The second-order valence-corrected chi connectivity index (χ2v) is 8.50. The first-order valence-electron chi connectivity index (χ1n) is 7.49. The van der Waals surface area contributed by atoms with Crippen LogP contribution in [0.4, 0.5) is 0 Å². The second-order valence-electron chi connectivity index (χ2n) is 6.03. The minimum atomic E-state index is -2.78. The summed E-state index contributed by atoms with van der Waals surface area (Å²) in [6.07, 6.45) is 6.06. The zero-order chi connectivity index (χ0) is 13.2. The van der Waals surface area contributed by atoms with Crippen molar-refractivity contribution in [3.05, 3.63) is 0 Å². The van der Waals surface area contributed by atoms with E-state index in [1.54, 1.807) is 6.92 Å². The average molecular weight is 273 g/mol. The quantitative estimate of drug-likeness (QED) is 0.737. The van der Waals surface area contributed by atoms with E-state index in [-0.39, 0.29) is 5.75 Å². The second kappa shape index (κ2) is 5.91. The topological polar surface area (TPSA) is 46.2 Å². The molecule has 0 bridgehead atoms. The molecule has 1 N–H and O–H groups in total. The molecular weight excluding hydrogens is 246 g/mol. The predicted molar refractivity (Wildman–Crippen MR) is 75.3 cm³/mol. The predicted octanol–water partition coefficient (Wildman–Crippen LogP) is 2.23. The number of fused-ring (bicyclic) bond motifs is 1. The van der Waals surface area contributed by atoms with Crippen LogP contribution >= 0.6 is 0 Å². The van der Waals surface area contributed by atoms with Gasteiger partial charge in [-0.1, -0.05) is 13.8 Å². The standard InChI is InChI=1S/C14H27NO2S/c1-3-15-14(6-5-7-18(16,17)4-2)13-9-11-8-12(11)10-13/h11-15H,3-10H2,1-2H3. The lowest BCUT2D eigenvalue weighted by molar-refractivity contribution is 0.321. The molecule has 2 aliphatic rings. The van der Waals surface area contributed by atoms with Crippen LogP contribution in [0.25, 0.3) is 0 Å². The fourth-order valence-electron chi connectivity index (χ4n) is 3.52. The van der Waals surface area contributed by atoms with Gasteiger partial charge in [0.05, 0.1) is 5.75 Å². The molecule has 0 saturated heterocycles. The zero-order valence-electron chi connectivity index (χ0n) is 11.7. The van der Waals surface area contributed by atoms with Crippen LogP contribution in [0.2, 0.25) is 0 Å². The van der Waals surface area contributed by atoms with Crippen molar-refractivity contribution in [1.82, 2.24) is 5.32 Å². The van der Waals surface area contributed by atoms with Crippen molar-refractivity contribution in [2.75, 3.05) is 18.1 Å². The molecule has 3 nitrogen and oxygen atoms in total. The van der Waals surface area contributed by atoms with Gasteiger partial charge < -0.3 is 5.32 Å². The highest BCUT2D eigenvalue weighted by Crippen LogP contribution is 2.55. The summed E-state index contributed by atoms with van der Waals surface area (Å²) in [5, 5.41) is 3.58. The Morgan fingerprint density at radius 3 is 2.39 bits per heavy atom. The van der Waals surface area contributed by atoms with Crippen molar-refractivity contribution in [3.8, 4) is 0 Å². The van der Waals surface area contributed by atoms with Crippen LogP contribution in [0, 0.1) is 17.8 Å². The van der Waals surface area contributed by atoms with Gasteiger partial charge in [-0.05, 0) is 56.4 Å². The SMILES string of the molecule is CCNC(CCCS(=O)(=O)CC)C1CC2CC2C1. The summed E-state index contributed by atoms with van der Waals surface area (Å²) < 4.78 is 23.0. The Bertz CT molecular complexity index is 356. The van der Waals surface area contributed by atoms with Gasteiger partial charge in [-0.15, -0.1) is 0 Å². The number of hydrogen-bond donors (Lipinski definition) is 1. The van der Waals surface area contributed by atoms with Gasteiger partial charge in [-0.25, -0.2) is 8.42 Å². The Kier molecular flexibility index (Phi) is 4.70. The molecule has 2 aliphatic carbocycles. The van der Waals surface area contributed by atoms with Crippen LogP contribution < -0.4 is 5.32 Å². The lowest BCUT2D eigenvalue weighted by Crippen LogP contribution is -2.36. The number of hydrogen-bond acceptors (Lipinski definition) is 3. The molecule has 0 aromatic heterocycles. The van der Waals surface area contributed by atoms with Crippen LogP contribution in [0.15, 0.2) is 0 Å². The molecule has 0 aromatic rings. The average Bonchev–Trinajstić information content (AvgIpc) is 2.95.